The van der Waals surface area contributed by atoms with Crippen LogP contribution in [0.1, 0.15) is 15.9 Å². The maximum Gasteiger partial charge on any atom is 0.235 e. The second-order valence-electron chi connectivity index (χ2n) is 6.75. The maximum atomic E-state index is 13.8. The van der Waals surface area contributed by atoms with Crippen molar-refractivity contribution in [3.63, 3.8) is 0 Å². The molecule has 2 heterocycles. The number of allylic oxidation sites excluding steroid dienone is 1. The molecule has 3 N–H and O–H groups in total. The molecule has 5 rings (SSSR count). The molecule has 1 aliphatic heterocycles. The standard InChI is InChI=1S/C23H14FNO4/c24-13-5-3-4-12(8-13)22-16(15-6-1-2-7-17(15)25-22)11-20-23(28)21-18(27)9-14(26)10-19(21)29-20/h1-11,25-27H. The lowest BCUT2D eigenvalue weighted by Crippen LogP contribution is -1.98. The van der Waals surface area contributed by atoms with Gasteiger partial charge in [0, 0.05) is 34.2 Å². The van der Waals surface area contributed by atoms with E-state index in [4.69, 9.17) is 4.74 Å². The number of halogens is 1. The summed E-state index contributed by atoms with van der Waals surface area (Å²) in [5.41, 5.74) is 2.74. The normalized spacial score (nSPS) is 14.4. The second kappa shape index (κ2) is 6.24. The van der Waals surface area contributed by atoms with Crippen molar-refractivity contribution in [3.05, 3.63) is 83.4 Å². The third kappa shape index (κ3) is 2.73. The number of hydrogen-bond donors (Lipinski definition) is 3. The Balaban J connectivity index is 1.71. The molecule has 1 aliphatic rings. The van der Waals surface area contributed by atoms with Crippen LogP contribution in [0.25, 0.3) is 28.2 Å². The first-order chi connectivity index (χ1) is 14.0. The van der Waals surface area contributed by atoms with E-state index in [1.54, 1.807) is 18.2 Å². The van der Waals surface area contributed by atoms with Gasteiger partial charge in [-0.15, -0.1) is 0 Å². The van der Waals surface area contributed by atoms with E-state index in [9.17, 15) is 19.4 Å². The Morgan fingerprint density at radius 3 is 2.66 bits per heavy atom. The van der Waals surface area contributed by atoms with E-state index in [1.807, 2.05) is 24.3 Å². The number of ketones is 1. The molecule has 0 spiro atoms. The lowest BCUT2D eigenvalue weighted by molar-refractivity contribution is 0.101. The van der Waals surface area contributed by atoms with Crippen molar-refractivity contribution in [2.45, 2.75) is 0 Å². The number of fused-ring (bicyclic) bond motifs is 2. The Labute approximate surface area is 164 Å². The van der Waals surface area contributed by atoms with Crippen LogP contribution in [0.2, 0.25) is 0 Å². The number of phenolic OH excluding ortho intramolecular Hbond substituents is 2. The number of benzene rings is 3. The molecular weight excluding hydrogens is 373 g/mol. The number of carbonyl (C=O) groups is 1. The summed E-state index contributed by atoms with van der Waals surface area (Å²) in [7, 11) is 0. The fraction of sp³-hybridized carbons (Fsp3) is 0. The van der Waals surface area contributed by atoms with Crippen molar-refractivity contribution < 1.29 is 24.1 Å². The van der Waals surface area contributed by atoms with Gasteiger partial charge in [0.1, 0.15) is 28.6 Å². The van der Waals surface area contributed by atoms with E-state index in [-0.39, 0.29) is 34.4 Å². The Morgan fingerprint density at radius 1 is 1.00 bits per heavy atom. The number of Topliss-reactive ketones (excluding diaryl/α,β-unsaturated/α-hetero) is 1. The summed E-state index contributed by atoms with van der Waals surface area (Å²) in [6, 6.07) is 16.0. The average Bonchev–Trinajstić information content (AvgIpc) is 3.20. The topological polar surface area (TPSA) is 82.6 Å². The summed E-state index contributed by atoms with van der Waals surface area (Å²) in [4.78, 5) is 16.1. The molecule has 4 aromatic rings. The van der Waals surface area contributed by atoms with E-state index in [1.165, 1.54) is 18.2 Å². The number of nitrogens with one attached hydrogen (secondary N) is 1. The average molecular weight is 387 g/mol. The van der Waals surface area contributed by atoms with Crippen LogP contribution in [0.15, 0.2) is 66.4 Å². The molecule has 6 heteroatoms. The molecule has 0 bridgehead atoms. The Morgan fingerprint density at radius 2 is 1.83 bits per heavy atom. The minimum absolute atomic E-state index is 0.00111. The molecule has 29 heavy (non-hydrogen) atoms. The van der Waals surface area contributed by atoms with Gasteiger partial charge in [0.25, 0.3) is 0 Å². The third-order valence-electron chi connectivity index (χ3n) is 4.87. The van der Waals surface area contributed by atoms with Crippen molar-refractivity contribution in [1.82, 2.24) is 4.98 Å². The van der Waals surface area contributed by atoms with Gasteiger partial charge in [0.2, 0.25) is 5.78 Å². The van der Waals surface area contributed by atoms with E-state index < -0.39 is 5.78 Å². The third-order valence-corrected chi connectivity index (χ3v) is 4.87. The Kier molecular flexibility index (Phi) is 3.67. The predicted octanol–water partition coefficient (Wildman–Crippen LogP) is 5.00. The van der Waals surface area contributed by atoms with Gasteiger partial charge in [0.15, 0.2) is 5.76 Å². The number of para-hydroxylation sites is 1. The van der Waals surface area contributed by atoms with Gasteiger partial charge in [-0.3, -0.25) is 4.79 Å². The molecule has 142 valence electrons. The highest BCUT2D eigenvalue weighted by Crippen LogP contribution is 2.41. The van der Waals surface area contributed by atoms with Crippen LogP contribution in [-0.2, 0) is 0 Å². The van der Waals surface area contributed by atoms with Gasteiger partial charge in [-0.1, -0.05) is 30.3 Å². The monoisotopic (exact) mass is 387 g/mol. The first-order valence-electron chi connectivity index (χ1n) is 8.88. The zero-order valence-corrected chi connectivity index (χ0v) is 14.9. The Bertz CT molecular complexity index is 1340. The maximum absolute atomic E-state index is 13.8. The zero-order chi connectivity index (χ0) is 20.1. The molecule has 0 amide bonds. The predicted molar refractivity (Wildman–Crippen MR) is 106 cm³/mol. The first-order valence-corrected chi connectivity index (χ1v) is 8.88. The number of aromatic nitrogens is 1. The Hall–Kier alpha value is -4.06. The molecule has 0 saturated carbocycles. The van der Waals surface area contributed by atoms with Crippen molar-refractivity contribution in [2.24, 2.45) is 0 Å². The largest absolute Gasteiger partial charge is 0.508 e. The highest BCUT2D eigenvalue weighted by molar-refractivity contribution is 6.17. The lowest BCUT2D eigenvalue weighted by atomic mass is 10.0. The molecule has 0 radical (unpaired) electrons. The molecule has 0 aliphatic carbocycles. The molecular formula is C23H14FNO4. The molecule has 3 aromatic carbocycles. The molecule has 0 atom stereocenters. The summed E-state index contributed by atoms with van der Waals surface area (Å²) in [6.07, 6.45) is 1.57. The number of hydrogen-bond acceptors (Lipinski definition) is 4. The molecule has 5 nitrogen and oxygen atoms in total. The summed E-state index contributed by atoms with van der Waals surface area (Å²) in [5, 5.41) is 20.5. The number of carbonyl (C=O) groups excluding carboxylic acids is 1. The van der Waals surface area contributed by atoms with Gasteiger partial charge in [-0.2, -0.15) is 0 Å². The van der Waals surface area contributed by atoms with E-state index in [0.717, 1.165) is 17.0 Å². The van der Waals surface area contributed by atoms with Crippen LogP contribution >= 0.6 is 0 Å². The zero-order valence-electron chi connectivity index (χ0n) is 14.9. The molecule has 1 aromatic heterocycles. The van der Waals surface area contributed by atoms with Gasteiger partial charge >= 0.3 is 0 Å². The SMILES string of the molecule is O=C1C(=Cc2c(-c3cccc(F)c3)[nH]c3ccccc23)Oc2cc(O)cc(O)c21. The van der Waals surface area contributed by atoms with Crippen LogP contribution in [-0.4, -0.2) is 21.0 Å². The second-order valence-corrected chi connectivity index (χ2v) is 6.75. The van der Waals surface area contributed by atoms with E-state index in [2.05, 4.69) is 4.98 Å². The summed E-state index contributed by atoms with van der Waals surface area (Å²) in [6.45, 7) is 0. The quantitative estimate of drug-likeness (QED) is 0.423. The number of aromatic amines is 1. The van der Waals surface area contributed by atoms with Crippen LogP contribution in [0, 0.1) is 5.82 Å². The molecule has 0 fully saturated rings. The highest BCUT2D eigenvalue weighted by Gasteiger charge is 2.32. The number of H-pyrrole nitrogens is 1. The van der Waals surface area contributed by atoms with Gasteiger partial charge in [-0.05, 0) is 24.3 Å². The van der Waals surface area contributed by atoms with Crippen molar-refractivity contribution in [3.8, 4) is 28.5 Å². The fourth-order valence-corrected chi connectivity index (χ4v) is 3.59. The van der Waals surface area contributed by atoms with E-state index >= 15 is 0 Å². The van der Waals surface area contributed by atoms with Gasteiger partial charge < -0.3 is 19.9 Å². The van der Waals surface area contributed by atoms with Crippen LogP contribution in [0.4, 0.5) is 4.39 Å². The molecule has 0 saturated heterocycles. The lowest BCUT2D eigenvalue weighted by Gasteiger charge is -2.03. The summed E-state index contributed by atoms with van der Waals surface area (Å²) in [5.74, 6) is -1.33. The van der Waals surface area contributed by atoms with Crippen molar-refractivity contribution >= 4 is 22.8 Å². The number of ether oxygens (including phenoxy) is 1. The summed E-state index contributed by atoms with van der Waals surface area (Å²) >= 11 is 0. The van der Waals surface area contributed by atoms with Crippen LogP contribution in [0.5, 0.6) is 17.2 Å². The number of aromatic hydroxyl groups is 2. The van der Waals surface area contributed by atoms with Crippen molar-refractivity contribution in [2.75, 3.05) is 0 Å². The molecule has 0 unspecified atom stereocenters. The first kappa shape index (κ1) is 17.1. The summed E-state index contributed by atoms with van der Waals surface area (Å²) < 4.78 is 19.4. The van der Waals surface area contributed by atoms with Crippen LogP contribution in [0.3, 0.4) is 0 Å². The van der Waals surface area contributed by atoms with Gasteiger partial charge in [0.05, 0.1) is 5.69 Å². The fourth-order valence-electron chi connectivity index (χ4n) is 3.59. The minimum atomic E-state index is -0.493. The highest BCUT2D eigenvalue weighted by atomic mass is 19.1. The van der Waals surface area contributed by atoms with Crippen molar-refractivity contribution in [1.29, 1.82) is 0 Å². The number of rotatable bonds is 2. The minimum Gasteiger partial charge on any atom is -0.508 e. The van der Waals surface area contributed by atoms with Crippen LogP contribution < -0.4 is 4.74 Å². The van der Waals surface area contributed by atoms with E-state index in [0.29, 0.717) is 16.8 Å². The van der Waals surface area contributed by atoms with Gasteiger partial charge in [-0.25, -0.2) is 4.39 Å². The smallest absolute Gasteiger partial charge is 0.235 e. The number of phenols is 2.